The summed E-state index contributed by atoms with van der Waals surface area (Å²) < 4.78 is 10.3. The highest BCUT2D eigenvalue weighted by molar-refractivity contribution is 6.03. The molecule has 1 fully saturated rings. The van der Waals surface area contributed by atoms with E-state index < -0.39 is 5.97 Å². The van der Waals surface area contributed by atoms with Crippen LogP contribution in [0.25, 0.3) is 0 Å². The van der Waals surface area contributed by atoms with Crippen LogP contribution < -0.4 is 10.2 Å². The van der Waals surface area contributed by atoms with E-state index in [0.29, 0.717) is 61.5 Å². The molecule has 0 unspecified atom stereocenters. The molecule has 1 N–H and O–H groups in total. The van der Waals surface area contributed by atoms with Gasteiger partial charge in [0.2, 0.25) is 5.95 Å². The second-order valence-corrected chi connectivity index (χ2v) is 6.05. The molecule has 0 bridgehead atoms. The Balaban J connectivity index is 1.72. The Bertz CT molecular complexity index is 817. The number of anilines is 2. The zero-order chi connectivity index (χ0) is 19.2. The molecule has 0 spiro atoms. The van der Waals surface area contributed by atoms with Crippen LogP contribution >= 0.6 is 0 Å². The van der Waals surface area contributed by atoms with Gasteiger partial charge in [-0.2, -0.15) is 0 Å². The molecule has 0 radical (unpaired) electrons. The molecule has 1 amide bonds. The van der Waals surface area contributed by atoms with Gasteiger partial charge >= 0.3 is 5.97 Å². The van der Waals surface area contributed by atoms with E-state index in [9.17, 15) is 9.59 Å². The molecule has 8 nitrogen and oxygen atoms in total. The number of benzene rings is 1. The van der Waals surface area contributed by atoms with Crippen LogP contribution in [0.5, 0.6) is 0 Å². The third-order valence-corrected chi connectivity index (χ3v) is 4.02. The number of hydrogen-bond donors (Lipinski definition) is 1. The van der Waals surface area contributed by atoms with E-state index >= 15 is 0 Å². The molecule has 3 rings (SSSR count). The van der Waals surface area contributed by atoms with Crippen LogP contribution in [0.3, 0.4) is 0 Å². The second-order valence-electron chi connectivity index (χ2n) is 6.05. The largest absolute Gasteiger partial charge is 0.462 e. The number of rotatable bonds is 5. The van der Waals surface area contributed by atoms with E-state index in [1.807, 2.05) is 11.8 Å². The summed E-state index contributed by atoms with van der Waals surface area (Å²) in [7, 11) is 0. The smallest absolute Gasteiger partial charge is 0.338 e. The Hall–Kier alpha value is -3.00. The lowest BCUT2D eigenvalue weighted by molar-refractivity contribution is 0.0526. The lowest BCUT2D eigenvalue weighted by Crippen LogP contribution is -2.37. The molecule has 0 aliphatic carbocycles. The maximum absolute atomic E-state index is 12.6. The minimum absolute atomic E-state index is 0.290. The summed E-state index contributed by atoms with van der Waals surface area (Å²) in [6.07, 6.45) is 0. The van der Waals surface area contributed by atoms with E-state index in [1.54, 1.807) is 37.3 Å². The van der Waals surface area contributed by atoms with Gasteiger partial charge in [0.05, 0.1) is 25.4 Å². The molecule has 0 atom stereocenters. The quantitative estimate of drug-likeness (QED) is 0.805. The summed E-state index contributed by atoms with van der Waals surface area (Å²) in [4.78, 5) is 35.1. The summed E-state index contributed by atoms with van der Waals surface area (Å²) >= 11 is 0. The van der Waals surface area contributed by atoms with Crippen LogP contribution in [-0.2, 0) is 9.47 Å². The van der Waals surface area contributed by atoms with Crippen molar-refractivity contribution in [2.75, 3.05) is 43.1 Å². The van der Waals surface area contributed by atoms with Crippen molar-refractivity contribution in [2.45, 2.75) is 13.8 Å². The number of aromatic nitrogens is 2. The molecule has 1 aromatic heterocycles. The average molecular weight is 370 g/mol. The number of aryl methyl sites for hydroxylation is 1. The van der Waals surface area contributed by atoms with Crippen molar-refractivity contribution < 1.29 is 19.1 Å². The van der Waals surface area contributed by atoms with E-state index in [0.717, 1.165) is 0 Å². The number of esters is 1. The minimum Gasteiger partial charge on any atom is -0.462 e. The van der Waals surface area contributed by atoms with Gasteiger partial charge in [0.1, 0.15) is 5.69 Å². The van der Waals surface area contributed by atoms with Crippen LogP contribution in [-0.4, -0.2) is 54.8 Å². The van der Waals surface area contributed by atoms with E-state index in [4.69, 9.17) is 9.47 Å². The molecule has 0 saturated carbocycles. The fourth-order valence-electron chi connectivity index (χ4n) is 2.67. The minimum atomic E-state index is -0.392. The molecule has 1 saturated heterocycles. The molecule has 1 aliphatic rings. The van der Waals surface area contributed by atoms with Gasteiger partial charge < -0.3 is 19.7 Å². The number of carbonyl (C=O) groups excluding carboxylic acids is 2. The van der Waals surface area contributed by atoms with Crippen molar-refractivity contribution >= 4 is 23.5 Å². The number of hydrogen-bond acceptors (Lipinski definition) is 7. The highest BCUT2D eigenvalue weighted by atomic mass is 16.5. The van der Waals surface area contributed by atoms with Gasteiger partial charge in [-0.1, -0.05) is 0 Å². The number of carbonyl (C=O) groups is 2. The Labute approximate surface area is 157 Å². The molecule has 2 heterocycles. The average Bonchev–Trinajstić information content (AvgIpc) is 2.69. The van der Waals surface area contributed by atoms with Gasteiger partial charge in [0, 0.05) is 24.5 Å². The number of nitrogens with zero attached hydrogens (tertiary/aromatic N) is 3. The van der Waals surface area contributed by atoms with Crippen molar-refractivity contribution in [3.05, 3.63) is 47.3 Å². The SMILES string of the molecule is CCOC(=O)c1ccc(NC(=O)c2cc(C)nc(N3CCOCC3)n2)cc1. The van der Waals surface area contributed by atoms with Crippen molar-refractivity contribution in [2.24, 2.45) is 0 Å². The third-order valence-electron chi connectivity index (χ3n) is 4.02. The Kier molecular flexibility index (Phi) is 5.97. The Morgan fingerprint density at radius 3 is 2.56 bits per heavy atom. The lowest BCUT2D eigenvalue weighted by Gasteiger charge is -2.27. The topological polar surface area (TPSA) is 93.6 Å². The molecular formula is C19H22N4O4. The normalized spacial score (nSPS) is 13.9. The summed E-state index contributed by atoms with van der Waals surface area (Å²) in [5.74, 6) is -0.197. The van der Waals surface area contributed by atoms with Gasteiger partial charge in [0.15, 0.2) is 0 Å². The molecule has 1 aliphatic heterocycles. The predicted molar refractivity (Wildman–Crippen MR) is 100 cm³/mol. The first-order valence-corrected chi connectivity index (χ1v) is 8.83. The summed E-state index contributed by atoms with van der Waals surface area (Å²) in [6.45, 7) is 6.52. The highest BCUT2D eigenvalue weighted by Gasteiger charge is 2.17. The maximum Gasteiger partial charge on any atom is 0.338 e. The number of morpholine rings is 1. The van der Waals surface area contributed by atoms with Crippen molar-refractivity contribution in [1.82, 2.24) is 9.97 Å². The summed E-state index contributed by atoms with van der Waals surface area (Å²) in [5.41, 5.74) is 2.01. The van der Waals surface area contributed by atoms with Crippen molar-refractivity contribution in [1.29, 1.82) is 0 Å². The Morgan fingerprint density at radius 1 is 1.19 bits per heavy atom. The molecule has 27 heavy (non-hydrogen) atoms. The lowest BCUT2D eigenvalue weighted by atomic mass is 10.2. The summed E-state index contributed by atoms with van der Waals surface area (Å²) in [5, 5.41) is 2.79. The monoisotopic (exact) mass is 370 g/mol. The fraction of sp³-hybridized carbons (Fsp3) is 0.368. The van der Waals surface area contributed by atoms with E-state index in [1.165, 1.54) is 0 Å². The highest BCUT2D eigenvalue weighted by Crippen LogP contribution is 2.15. The number of ether oxygens (including phenoxy) is 2. The zero-order valence-corrected chi connectivity index (χ0v) is 15.4. The van der Waals surface area contributed by atoms with Crippen LogP contribution in [0, 0.1) is 6.92 Å². The maximum atomic E-state index is 12.6. The molecule has 1 aromatic carbocycles. The van der Waals surface area contributed by atoms with Crippen LogP contribution in [0.2, 0.25) is 0 Å². The van der Waals surface area contributed by atoms with Crippen molar-refractivity contribution in [3.8, 4) is 0 Å². The second kappa shape index (κ2) is 8.59. The number of amides is 1. The molecule has 2 aromatic rings. The fourth-order valence-corrected chi connectivity index (χ4v) is 2.67. The van der Waals surface area contributed by atoms with Gasteiger partial charge in [-0.15, -0.1) is 0 Å². The predicted octanol–water partition coefficient (Wildman–Crippen LogP) is 2.05. The first-order chi connectivity index (χ1) is 13.1. The van der Waals surface area contributed by atoms with E-state index in [2.05, 4.69) is 15.3 Å². The standard InChI is InChI=1S/C19H22N4O4/c1-3-27-18(25)14-4-6-15(7-5-14)21-17(24)16-12-13(2)20-19(22-16)23-8-10-26-11-9-23/h4-7,12H,3,8-11H2,1-2H3,(H,21,24). The van der Waals surface area contributed by atoms with Gasteiger partial charge in [-0.3, -0.25) is 4.79 Å². The Morgan fingerprint density at radius 2 is 1.89 bits per heavy atom. The van der Waals surface area contributed by atoms with Crippen molar-refractivity contribution in [3.63, 3.8) is 0 Å². The molecular weight excluding hydrogens is 348 g/mol. The van der Waals surface area contributed by atoms with Crippen LogP contribution in [0.4, 0.5) is 11.6 Å². The van der Waals surface area contributed by atoms with Crippen LogP contribution in [0.15, 0.2) is 30.3 Å². The first kappa shape index (κ1) is 18.8. The molecule has 142 valence electrons. The van der Waals surface area contributed by atoms with Gasteiger partial charge in [0.25, 0.3) is 5.91 Å². The number of nitrogens with one attached hydrogen (secondary N) is 1. The third kappa shape index (κ3) is 4.79. The summed E-state index contributed by atoms with van der Waals surface area (Å²) in [6, 6.07) is 8.17. The zero-order valence-electron chi connectivity index (χ0n) is 15.4. The first-order valence-electron chi connectivity index (χ1n) is 8.83. The molecule has 8 heteroatoms. The van der Waals surface area contributed by atoms with E-state index in [-0.39, 0.29) is 5.91 Å². The van der Waals surface area contributed by atoms with Crippen LogP contribution in [0.1, 0.15) is 33.5 Å². The van der Waals surface area contributed by atoms with Gasteiger partial charge in [-0.05, 0) is 44.2 Å². The van der Waals surface area contributed by atoms with Gasteiger partial charge in [-0.25, -0.2) is 14.8 Å².